The average Bonchev–Trinajstić information content (AvgIpc) is 3.03. The van der Waals surface area contributed by atoms with Crippen LogP contribution < -0.4 is 10.2 Å². The Balaban J connectivity index is 1.99. The van der Waals surface area contributed by atoms with E-state index in [9.17, 15) is 24.0 Å². The molecule has 2 aliphatic rings. The lowest BCUT2D eigenvalue weighted by Gasteiger charge is -2.43. The molecule has 0 spiro atoms. The number of hydrogen-bond acceptors (Lipinski definition) is 11. The predicted molar refractivity (Wildman–Crippen MR) is 121 cm³/mol. The van der Waals surface area contributed by atoms with E-state index in [2.05, 4.69) is 10.5 Å². The van der Waals surface area contributed by atoms with Crippen LogP contribution in [0.15, 0.2) is 29.4 Å². The predicted octanol–water partition coefficient (Wildman–Crippen LogP) is 0.0398. The molecule has 0 radical (unpaired) electrons. The van der Waals surface area contributed by atoms with Gasteiger partial charge in [0.1, 0.15) is 18.8 Å². The summed E-state index contributed by atoms with van der Waals surface area (Å²) in [5.41, 5.74) is 1.12. The minimum Gasteiger partial charge on any atom is -0.463 e. The van der Waals surface area contributed by atoms with E-state index < -0.39 is 67.0 Å². The summed E-state index contributed by atoms with van der Waals surface area (Å²) in [6.07, 6.45) is -5.16. The van der Waals surface area contributed by atoms with Crippen molar-refractivity contribution in [2.24, 2.45) is 5.16 Å². The Kier molecular flexibility index (Phi) is 8.25. The number of oxime groups is 1. The fraction of sp³-hybridized carbons (Fsp3) is 0.478. The van der Waals surface area contributed by atoms with E-state index in [1.165, 1.54) is 18.7 Å². The molecule has 1 N–H and O–H groups in total. The summed E-state index contributed by atoms with van der Waals surface area (Å²) in [4.78, 5) is 66.9. The lowest BCUT2D eigenvalue weighted by molar-refractivity contribution is -0.278. The van der Waals surface area contributed by atoms with Crippen LogP contribution in [-0.2, 0) is 47.8 Å². The van der Waals surface area contributed by atoms with Crippen molar-refractivity contribution in [3.8, 4) is 0 Å². The zero-order valence-electron chi connectivity index (χ0n) is 20.4. The van der Waals surface area contributed by atoms with Crippen molar-refractivity contribution in [1.29, 1.82) is 0 Å². The lowest BCUT2D eigenvalue weighted by atomic mass is 9.96. The number of fused-ring (bicyclic) bond motifs is 1. The van der Waals surface area contributed by atoms with Crippen LogP contribution in [0.2, 0.25) is 0 Å². The highest BCUT2D eigenvalue weighted by molar-refractivity contribution is 6.54. The van der Waals surface area contributed by atoms with Crippen LogP contribution in [0.4, 0.5) is 5.69 Å². The summed E-state index contributed by atoms with van der Waals surface area (Å²) in [5.74, 6) is -3.08. The first kappa shape index (κ1) is 26.6. The SMILES string of the molecule is CC(=O)N[C@@H]1[C@H](O/N=C2\C(=O)N(C)c3ccccc32)O[C@H](COC(C)=O)[C@@H](OC(C)=O)[C@@H]1OC(C)=O. The van der Waals surface area contributed by atoms with Crippen molar-refractivity contribution in [2.45, 2.75) is 58.3 Å². The Morgan fingerprint density at radius 2 is 1.64 bits per heavy atom. The van der Waals surface area contributed by atoms with Crippen LogP contribution in [0.3, 0.4) is 0 Å². The van der Waals surface area contributed by atoms with Gasteiger partial charge in [-0.15, -0.1) is 0 Å². The lowest BCUT2D eigenvalue weighted by Crippen LogP contribution is -2.66. The van der Waals surface area contributed by atoms with E-state index >= 15 is 0 Å². The molecule has 1 aromatic carbocycles. The first-order valence-electron chi connectivity index (χ1n) is 11.0. The zero-order valence-corrected chi connectivity index (χ0v) is 20.4. The van der Waals surface area contributed by atoms with Gasteiger partial charge in [0.25, 0.3) is 12.2 Å². The molecular formula is C23H27N3O10. The van der Waals surface area contributed by atoms with Crippen LogP contribution in [0.5, 0.6) is 0 Å². The highest BCUT2D eigenvalue weighted by Gasteiger charge is 2.52. The van der Waals surface area contributed by atoms with Gasteiger partial charge in [-0.05, 0) is 6.07 Å². The molecule has 0 aliphatic carbocycles. The van der Waals surface area contributed by atoms with Gasteiger partial charge < -0.3 is 34.0 Å². The smallest absolute Gasteiger partial charge is 0.303 e. The second kappa shape index (κ2) is 11.2. The van der Waals surface area contributed by atoms with Crippen LogP contribution in [0, 0.1) is 0 Å². The second-order valence-corrected chi connectivity index (χ2v) is 8.15. The van der Waals surface area contributed by atoms with Crippen molar-refractivity contribution >= 4 is 41.1 Å². The largest absolute Gasteiger partial charge is 0.463 e. The number of amides is 2. The van der Waals surface area contributed by atoms with E-state index in [1.54, 1.807) is 31.3 Å². The van der Waals surface area contributed by atoms with Gasteiger partial charge in [0, 0.05) is 40.3 Å². The second-order valence-electron chi connectivity index (χ2n) is 8.15. The summed E-state index contributed by atoms with van der Waals surface area (Å²) in [6, 6.07) is 5.71. The van der Waals surface area contributed by atoms with Gasteiger partial charge >= 0.3 is 17.9 Å². The summed E-state index contributed by atoms with van der Waals surface area (Å²) in [6.45, 7) is 4.26. The van der Waals surface area contributed by atoms with Gasteiger partial charge in [0.2, 0.25) is 5.91 Å². The number of likely N-dealkylation sites (N-methyl/N-ethyl adjacent to an activating group) is 1. The fourth-order valence-electron chi connectivity index (χ4n) is 3.92. The Bertz CT molecular complexity index is 1090. The summed E-state index contributed by atoms with van der Waals surface area (Å²) < 4.78 is 21.6. The molecule has 1 fully saturated rings. The van der Waals surface area contributed by atoms with Crippen molar-refractivity contribution in [2.75, 3.05) is 18.6 Å². The molecule has 1 saturated heterocycles. The molecule has 5 atom stereocenters. The third kappa shape index (κ3) is 5.97. The van der Waals surface area contributed by atoms with Gasteiger partial charge in [-0.3, -0.25) is 24.0 Å². The number of rotatable bonds is 7. The number of benzene rings is 1. The van der Waals surface area contributed by atoms with Gasteiger partial charge in [0.15, 0.2) is 17.9 Å². The molecule has 13 heteroatoms. The number of nitrogens with zero attached hydrogens (tertiary/aromatic N) is 2. The van der Waals surface area contributed by atoms with E-state index in [1.807, 2.05) is 0 Å². The van der Waals surface area contributed by atoms with Crippen molar-refractivity contribution in [3.63, 3.8) is 0 Å². The molecule has 2 amide bonds. The minimum atomic E-state index is -1.43. The van der Waals surface area contributed by atoms with Crippen LogP contribution in [-0.4, -0.2) is 79.7 Å². The standard InChI is InChI=1S/C23H27N3O10/c1-11(27)24-19-21(34-14(4)30)20(33-13(3)29)17(10-32-12(2)28)35-23(19)36-25-18-15-8-6-7-9-16(15)26(5)22(18)31/h6-9,17,19-21,23H,10H2,1-5H3,(H,24,27)/b25-18-/t17-,19+,20-,21-,23+/m1/s1. The van der Waals surface area contributed by atoms with Gasteiger partial charge in [-0.1, -0.05) is 23.4 Å². The Morgan fingerprint density at radius 3 is 2.25 bits per heavy atom. The molecule has 0 aromatic heterocycles. The topological polar surface area (TPSA) is 159 Å². The number of ether oxygens (including phenoxy) is 4. The Hall–Kier alpha value is -4.00. The highest BCUT2D eigenvalue weighted by Crippen LogP contribution is 2.30. The number of carbonyl (C=O) groups excluding carboxylic acids is 5. The van der Waals surface area contributed by atoms with E-state index in [4.69, 9.17) is 23.8 Å². The molecule has 0 saturated carbocycles. The first-order chi connectivity index (χ1) is 17.0. The third-order valence-electron chi connectivity index (χ3n) is 5.35. The molecule has 0 unspecified atom stereocenters. The number of anilines is 1. The van der Waals surface area contributed by atoms with Crippen molar-refractivity contribution in [1.82, 2.24) is 5.32 Å². The summed E-state index contributed by atoms with van der Waals surface area (Å²) in [7, 11) is 1.58. The zero-order chi connectivity index (χ0) is 26.6. The van der Waals surface area contributed by atoms with Gasteiger partial charge in [0.05, 0.1) is 5.69 Å². The number of para-hydroxylation sites is 1. The summed E-state index contributed by atoms with van der Waals surface area (Å²) in [5, 5.41) is 6.56. The monoisotopic (exact) mass is 505 g/mol. The molecule has 3 rings (SSSR count). The molecule has 1 aromatic rings. The Labute approximate surface area is 206 Å². The van der Waals surface area contributed by atoms with E-state index in [0.717, 1.165) is 13.8 Å². The van der Waals surface area contributed by atoms with E-state index in [-0.39, 0.29) is 5.71 Å². The first-order valence-corrected chi connectivity index (χ1v) is 11.0. The van der Waals surface area contributed by atoms with Crippen LogP contribution >= 0.6 is 0 Å². The molecule has 2 aliphatic heterocycles. The third-order valence-corrected chi connectivity index (χ3v) is 5.35. The van der Waals surface area contributed by atoms with E-state index in [0.29, 0.717) is 11.3 Å². The summed E-state index contributed by atoms with van der Waals surface area (Å²) >= 11 is 0. The number of esters is 3. The van der Waals surface area contributed by atoms with Gasteiger partial charge in [-0.25, -0.2) is 0 Å². The quantitative estimate of drug-likeness (QED) is 0.304. The van der Waals surface area contributed by atoms with Crippen LogP contribution in [0.1, 0.15) is 33.3 Å². The normalized spacial score (nSPS) is 26.1. The molecular weight excluding hydrogens is 478 g/mol. The number of nitrogens with one attached hydrogen (secondary N) is 1. The highest BCUT2D eigenvalue weighted by atomic mass is 16.8. The minimum absolute atomic E-state index is 0.0130. The maximum absolute atomic E-state index is 12.7. The van der Waals surface area contributed by atoms with Crippen molar-refractivity contribution < 1.29 is 47.8 Å². The maximum Gasteiger partial charge on any atom is 0.303 e. The molecule has 194 valence electrons. The molecule has 2 heterocycles. The Morgan fingerprint density at radius 1 is 1.00 bits per heavy atom. The average molecular weight is 505 g/mol. The van der Waals surface area contributed by atoms with Crippen molar-refractivity contribution in [3.05, 3.63) is 29.8 Å². The van der Waals surface area contributed by atoms with Gasteiger partial charge in [-0.2, -0.15) is 0 Å². The number of carbonyl (C=O) groups is 5. The molecule has 13 nitrogen and oxygen atoms in total. The molecule has 36 heavy (non-hydrogen) atoms. The fourth-order valence-corrected chi connectivity index (χ4v) is 3.92. The van der Waals surface area contributed by atoms with Crippen LogP contribution in [0.25, 0.3) is 0 Å². The number of hydrogen-bond donors (Lipinski definition) is 1. The molecule has 0 bridgehead atoms. The maximum atomic E-state index is 12.7.